The van der Waals surface area contributed by atoms with Crippen molar-refractivity contribution in [1.29, 1.82) is 0 Å². The van der Waals surface area contributed by atoms with Gasteiger partial charge >= 0.3 is 0 Å². The average molecular weight is 600 g/mol. The van der Waals surface area contributed by atoms with Gasteiger partial charge in [-0.2, -0.15) is 0 Å². The Morgan fingerprint density at radius 3 is 2.29 bits per heavy atom. The fourth-order valence-corrected chi connectivity index (χ4v) is 6.42. The van der Waals surface area contributed by atoms with E-state index >= 15 is 0 Å². The summed E-state index contributed by atoms with van der Waals surface area (Å²) in [6, 6.07) is 30.2. The van der Waals surface area contributed by atoms with Crippen LogP contribution in [-0.4, -0.2) is 42.0 Å². The number of carbonyl (C=O) groups excluding carboxylic acids is 1. The Labute approximate surface area is 248 Å². The lowest BCUT2D eigenvalue weighted by molar-refractivity contribution is -0.113. The van der Waals surface area contributed by atoms with Gasteiger partial charge < -0.3 is 15.4 Å². The Morgan fingerprint density at radius 1 is 0.881 bits per heavy atom. The summed E-state index contributed by atoms with van der Waals surface area (Å²) in [7, 11) is -2.17. The molecule has 1 aromatic heterocycles. The molecule has 11 heteroatoms. The zero-order valence-corrected chi connectivity index (χ0v) is 24.7. The normalized spacial score (nSPS) is 11.2. The molecular formula is C31H29N5O4S2. The summed E-state index contributed by atoms with van der Waals surface area (Å²) in [6.45, 7) is 2.11. The van der Waals surface area contributed by atoms with Gasteiger partial charge in [-0.1, -0.05) is 59.8 Å². The zero-order chi connectivity index (χ0) is 29.5. The molecule has 0 saturated heterocycles. The Hall–Kier alpha value is -4.61. The van der Waals surface area contributed by atoms with Gasteiger partial charge in [-0.3, -0.25) is 9.36 Å². The van der Waals surface area contributed by atoms with Gasteiger partial charge in [0.05, 0.1) is 34.9 Å². The van der Waals surface area contributed by atoms with Crippen LogP contribution in [-0.2, 0) is 21.2 Å². The van der Waals surface area contributed by atoms with Crippen LogP contribution in [0.1, 0.15) is 11.4 Å². The second kappa shape index (κ2) is 12.9. The first-order chi connectivity index (χ1) is 20.3. The lowest BCUT2D eigenvalue weighted by Gasteiger charge is -2.14. The number of aromatic nitrogens is 3. The number of hydrogen-bond acceptors (Lipinski definition) is 8. The quantitative estimate of drug-likeness (QED) is 0.184. The maximum absolute atomic E-state index is 13.5. The fourth-order valence-electron chi connectivity index (χ4n) is 4.21. The molecule has 42 heavy (non-hydrogen) atoms. The smallest absolute Gasteiger partial charge is 0.234 e. The summed E-state index contributed by atoms with van der Waals surface area (Å²) in [5.41, 5.74) is 2.91. The van der Waals surface area contributed by atoms with E-state index in [9.17, 15) is 13.2 Å². The van der Waals surface area contributed by atoms with E-state index in [1.165, 1.54) is 11.8 Å². The van der Waals surface area contributed by atoms with E-state index in [2.05, 4.69) is 20.8 Å². The first-order valence-electron chi connectivity index (χ1n) is 13.1. The third-order valence-electron chi connectivity index (χ3n) is 6.37. The number of carbonyl (C=O) groups is 1. The van der Waals surface area contributed by atoms with Crippen molar-refractivity contribution in [2.45, 2.75) is 28.4 Å². The van der Waals surface area contributed by atoms with Gasteiger partial charge in [-0.15, -0.1) is 10.2 Å². The number of aryl methyl sites for hydroxylation is 1. The highest BCUT2D eigenvalue weighted by molar-refractivity contribution is 7.99. The summed E-state index contributed by atoms with van der Waals surface area (Å²) in [5.74, 6) is 1.18. The first-order valence-corrected chi connectivity index (χ1v) is 15.5. The number of thioether (sulfide) groups is 1. The predicted octanol–water partition coefficient (Wildman–Crippen LogP) is 5.76. The molecule has 0 radical (unpaired) electrons. The number of benzene rings is 4. The van der Waals surface area contributed by atoms with Crippen LogP contribution in [0.5, 0.6) is 5.75 Å². The second-order valence-corrected chi connectivity index (χ2v) is 12.2. The first kappa shape index (κ1) is 28.9. The molecular weight excluding hydrogens is 571 g/mol. The summed E-state index contributed by atoms with van der Waals surface area (Å²) in [5, 5.41) is 15.4. The number of anilines is 2. The Kier molecular flexibility index (Phi) is 8.89. The standard InChI is InChI=1S/C31H29N5O4S2/c1-22-12-18-26(19-13-22)42(38,39)28-11-7-6-10-27(28)32-20-29-34-35-31(36(29)24-8-4-3-5-9-24)41-21-30(37)33-23-14-16-25(40-2)17-15-23/h3-19,32H,20-21H2,1-2H3,(H,33,37). The Balaban J connectivity index is 1.35. The molecule has 5 aromatic rings. The maximum Gasteiger partial charge on any atom is 0.234 e. The lowest BCUT2D eigenvalue weighted by Crippen LogP contribution is -2.15. The van der Waals surface area contributed by atoms with Gasteiger partial charge in [-0.05, 0) is 67.6 Å². The van der Waals surface area contributed by atoms with Crippen LogP contribution >= 0.6 is 11.8 Å². The van der Waals surface area contributed by atoms with Crippen LogP contribution in [0, 0.1) is 6.92 Å². The number of rotatable bonds is 11. The minimum absolute atomic E-state index is 0.113. The summed E-state index contributed by atoms with van der Waals surface area (Å²) in [6.07, 6.45) is 0. The van der Waals surface area contributed by atoms with Crippen molar-refractivity contribution < 1.29 is 17.9 Å². The van der Waals surface area contributed by atoms with Crippen molar-refractivity contribution in [3.8, 4) is 11.4 Å². The SMILES string of the molecule is COc1ccc(NC(=O)CSc2nnc(CNc3ccccc3S(=O)(=O)c3ccc(C)cc3)n2-c2ccccc2)cc1. The van der Waals surface area contributed by atoms with Crippen LogP contribution in [0.2, 0.25) is 0 Å². The molecule has 5 rings (SSSR count). The Bertz CT molecular complexity index is 1770. The molecule has 4 aromatic carbocycles. The second-order valence-electron chi connectivity index (χ2n) is 9.30. The summed E-state index contributed by atoms with van der Waals surface area (Å²) >= 11 is 1.25. The summed E-state index contributed by atoms with van der Waals surface area (Å²) in [4.78, 5) is 13.1. The van der Waals surface area contributed by atoms with Crippen molar-refractivity contribution in [1.82, 2.24) is 14.8 Å². The molecule has 0 aliphatic rings. The van der Waals surface area contributed by atoms with E-state index in [1.807, 2.05) is 41.8 Å². The minimum Gasteiger partial charge on any atom is -0.497 e. The van der Waals surface area contributed by atoms with E-state index in [4.69, 9.17) is 4.74 Å². The van der Waals surface area contributed by atoms with Gasteiger partial charge in [0.2, 0.25) is 15.7 Å². The van der Waals surface area contributed by atoms with Crippen molar-refractivity contribution in [3.05, 3.63) is 115 Å². The van der Waals surface area contributed by atoms with Crippen molar-refractivity contribution in [3.63, 3.8) is 0 Å². The number of nitrogens with zero attached hydrogens (tertiary/aromatic N) is 3. The van der Waals surface area contributed by atoms with Gasteiger partial charge in [0.25, 0.3) is 0 Å². The molecule has 0 bridgehead atoms. The van der Waals surface area contributed by atoms with E-state index in [0.29, 0.717) is 28.1 Å². The van der Waals surface area contributed by atoms with Gasteiger partial charge in [0, 0.05) is 11.4 Å². The predicted molar refractivity (Wildman–Crippen MR) is 164 cm³/mol. The lowest BCUT2D eigenvalue weighted by atomic mass is 10.2. The maximum atomic E-state index is 13.5. The van der Waals surface area contributed by atoms with E-state index in [0.717, 1.165) is 11.3 Å². The van der Waals surface area contributed by atoms with E-state index < -0.39 is 9.84 Å². The molecule has 2 N–H and O–H groups in total. The monoisotopic (exact) mass is 599 g/mol. The van der Waals surface area contributed by atoms with Crippen molar-refractivity contribution in [2.24, 2.45) is 0 Å². The van der Waals surface area contributed by atoms with Gasteiger partial charge in [-0.25, -0.2) is 8.42 Å². The number of para-hydroxylation sites is 2. The topological polar surface area (TPSA) is 115 Å². The van der Waals surface area contributed by atoms with Crippen LogP contribution < -0.4 is 15.4 Å². The zero-order valence-electron chi connectivity index (χ0n) is 23.0. The Morgan fingerprint density at radius 2 is 1.57 bits per heavy atom. The number of methoxy groups -OCH3 is 1. The van der Waals surface area contributed by atoms with Crippen LogP contribution in [0.4, 0.5) is 11.4 Å². The van der Waals surface area contributed by atoms with Crippen molar-refractivity contribution in [2.75, 3.05) is 23.5 Å². The van der Waals surface area contributed by atoms with Gasteiger partial charge in [0.15, 0.2) is 11.0 Å². The molecule has 1 heterocycles. The molecule has 0 saturated carbocycles. The third kappa shape index (κ3) is 6.64. The molecule has 0 fully saturated rings. The van der Waals surface area contributed by atoms with E-state index in [1.54, 1.807) is 79.9 Å². The molecule has 0 aliphatic carbocycles. The van der Waals surface area contributed by atoms with Crippen LogP contribution in [0.3, 0.4) is 0 Å². The van der Waals surface area contributed by atoms with Crippen molar-refractivity contribution >= 4 is 38.9 Å². The molecule has 0 unspecified atom stereocenters. The molecule has 9 nitrogen and oxygen atoms in total. The molecule has 0 atom stereocenters. The third-order valence-corrected chi connectivity index (χ3v) is 9.12. The van der Waals surface area contributed by atoms with Crippen LogP contribution in [0.25, 0.3) is 5.69 Å². The number of ether oxygens (including phenoxy) is 1. The number of nitrogens with one attached hydrogen (secondary N) is 2. The number of sulfone groups is 1. The largest absolute Gasteiger partial charge is 0.497 e. The van der Waals surface area contributed by atoms with E-state index in [-0.39, 0.29) is 28.0 Å². The highest BCUT2D eigenvalue weighted by Crippen LogP contribution is 2.29. The van der Waals surface area contributed by atoms with Gasteiger partial charge in [0.1, 0.15) is 5.75 Å². The number of hydrogen-bond donors (Lipinski definition) is 2. The fraction of sp³-hybridized carbons (Fsp3) is 0.129. The number of amides is 1. The minimum atomic E-state index is -3.76. The molecule has 1 amide bonds. The molecule has 0 spiro atoms. The van der Waals surface area contributed by atoms with Crippen LogP contribution in [0.15, 0.2) is 118 Å². The molecule has 214 valence electrons. The highest BCUT2D eigenvalue weighted by Gasteiger charge is 2.22. The summed E-state index contributed by atoms with van der Waals surface area (Å²) < 4.78 is 33.9. The average Bonchev–Trinajstić information content (AvgIpc) is 3.43. The highest BCUT2D eigenvalue weighted by atomic mass is 32.2. The molecule has 0 aliphatic heterocycles.